The average Bonchev–Trinajstić information content (AvgIpc) is 2.88. The van der Waals surface area contributed by atoms with E-state index in [9.17, 15) is 9.18 Å². The zero-order chi connectivity index (χ0) is 14.5. The SMILES string of the molecule is COC(=O)CCc1csc(Nc2cc(F)ccc2C)n1. The van der Waals surface area contributed by atoms with Gasteiger partial charge < -0.3 is 10.1 Å². The Morgan fingerprint density at radius 1 is 1.50 bits per heavy atom. The third kappa shape index (κ3) is 3.77. The van der Waals surface area contributed by atoms with E-state index in [0.717, 1.165) is 11.3 Å². The number of halogens is 1. The van der Waals surface area contributed by atoms with Crippen LogP contribution in [-0.4, -0.2) is 18.1 Å². The Hall–Kier alpha value is -1.95. The number of nitrogens with zero attached hydrogens (tertiary/aromatic N) is 1. The smallest absolute Gasteiger partial charge is 0.305 e. The second kappa shape index (κ2) is 6.47. The summed E-state index contributed by atoms with van der Waals surface area (Å²) >= 11 is 1.42. The number of thiazole rings is 1. The number of ether oxygens (including phenoxy) is 1. The van der Waals surface area contributed by atoms with E-state index in [1.807, 2.05) is 12.3 Å². The molecule has 0 aliphatic carbocycles. The van der Waals surface area contributed by atoms with Crippen molar-refractivity contribution < 1.29 is 13.9 Å². The first-order valence-electron chi connectivity index (χ1n) is 6.13. The molecule has 0 bridgehead atoms. The summed E-state index contributed by atoms with van der Waals surface area (Å²) in [7, 11) is 1.36. The summed E-state index contributed by atoms with van der Waals surface area (Å²) in [6.45, 7) is 1.90. The van der Waals surface area contributed by atoms with Gasteiger partial charge in [0.1, 0.15) is 5.82 Å². The molecule has 0 spiro atoms. The molecule has 0 saturated carbocycles. The number of hydrogen-bond acceptors (Lipinski definition) is 5. The molecule has 0 aliphatic heterocycles. The van der Waals surface area contributed by atoms with Crippen LogP contribution in [0.15, 0.2) is 23.6 Å². The number of anilines is 2. The van der Waals surface area contributed by atoms with Gasteiger partial charge in [0.2, 0.25) is 0 Å². The first-order chi connectivity index (χ1) is 9.58. The summed E-state index contributed by atoms with van der Waals surface area (Å²) in [5, 5.41) is 5.64. The monoisotopic (exact) mass is 294 g/mol. The lowest BCUT2D eigenvalue weighted by molar-refractivity contribution is -0.140. The molecule has 1 aromatic carbocycles. The highest BCUT2D eigenvalue weighted by Gasteiger charge is 2.07. The maximum atomic E-state index is 13.2. The molecule has 20 heavy (non-hydrogen) atoms. The van der Waals surface area contributed by atoms with Gasteiger partial charge in [0.15, 0.2) is 5.13 Å². The van der Waals surface area contributed by atoms with Crippen molar-refractivity contribution in [3.63, 3.8) is 0 Å². The van der Waals surface area contributed by atoms with E-state index >= 15 is 0 Å². The molecule has 0 aliphatic rings. The average molecular weight is 294 g/mol. The molecule has 4 nitrogen and oxygen atoms in total. The summed E-state index contributed by atoms with van der Waals surface area (Å²) in [6.07, 6.45) is 0.839. The Morgan fingerprint density at radius 3 is 3.05 bits per heavy atom. The largest absolute Gasteiger partial charge is 0.469 e. The highest BCUT2D eigenvalue weighted by atomic mass is 32.1. The Morgan fingerprint density at radius 2 is 2.30 bits per heavy atom. The molecule has 2 aromatic rings. The number of carbonyl (C=O) groups excluding carboxylic acids is 1. The van der Waals surface area contributed by atoms with Crippen molar-refractivity contribution in [2.45, 2.75) is 19.8 Å². The normalized spacial score (nSPS) is 10.3. The number of benzene rings is 1. The minimum Gasteiger partial charge on any atom is -0.469 e. The molecule has 0 radical (unpaired) electrons. The van der Waals surface area contributed by atoms with Crippen LogP contribution in [0.5, 0.6) is 0 Å². The fourth-order valence-electron chi connectivity index (χ4n) is 1.66. The van der Waals surface area contributed by atoms with Crippen LogP contribution in [-0.2, 0) is 16.0 Å². The number of hydrogen-bond donors (Lipinski definition) is 1. The minimum absolute atomic E-state index is 0.256. The maximum Gasteiger partial charge on any atom is 0.305 e. The number of aromatic nitrogens is 1. The van der Waals surface area contributed by atoms with Crippen molar-refractivity contribution in [2.75, 3.05) is 12.4 Å². The molecule has 0 amide bonds. The zero-order valence-corrected chi connectivity index (χ0v) is 12.1. The topological polar surface area (TPSA) is 51.2 Å². The van der Waals surface area contributed by atoms with Gasteiger partial charge in [0, 0.05) is 17.5 Å². The van der Waals surface area contributed by atoms with Gasteiger partial charge in [-0.15, -0.1) is 11.3 Å². The van der Waals surface area contributed by atoms with Gasteiger partial charge in [-0.25, -0.2) is 9.37 Å². The second-order valence-corrected chi connectivity index (χ2v) is 5.16. The van der Waals surface area contributed by atoms with Crippen molar-refractivity contribution in [3.8, 4) is 0 Å². The number of methoxy groups -OCH3 is 1. The van der Waals surface area contributed by atoms with E-state index in [1.165, 1.54) is 30.6 Å². The standard InChI is InChI=1S/C14H15FN2O2S/c1-9-3-4-10(15)7-12(9)17-14-16-11(8-20-14)5-6-13(18)19-2/h3-4,7-8H,5-6H2,1-2H3,(H,16,17). The number of nitrogens with one attached hydrogen (secondary N) is 1. The summed E-state index contributed by atoms with van der Waals surface area (Å²) < 4.78 is 17.8. The molecule has 1 N–H and O–H groups in total. The number of rotatable bonds is 5. The quantitative estimate of drug-likeness (QED) is 0.858. The van der Waals surface area contributed by atoms with Crippen molar-refractivity contribution in [3.05, 3.63) is 40.7 Å². The predicted molar refractivity (Wildman–Crippen MR) is 76.9 cm³/mol. The fourth-order valence-corrected chi connectivity index (χ4v) is 2.41. The number of aryl methyl sites for hydroxylation is 2. The lowest BCUT2D eigenvalue weighted by Crippen LogP contribution is -2.02. The molecule has 1 heterocycles. The molecule has 0 atom stereocenters. The summed E-state index contributed by atoms with van der Waals surface area (Å²) in [4.78, 5) is 15.4. The van der Waals surface area contributed by atoms with Gasteiger partial charge in [-0.1, -0.05) is 6.07 Å². The van der Waals surface area contributed by atoms with E-state index in [2.05, 4.69) is 15.0 Å². The Kier molecular flexibility index (Phi) is 4.68. The van der Waals surface area contributed by atoms with Crippen LogP contribution in [0.25, 0.3) is 0 Å². The van der Waals surface area contributed by atoms with Crippen molar-refractivity contribution in [1.82, 2.24) is 4.98 Å². The molecule has 0 unspecified atom stereocenters. The second-order valence-electron chi connectivity index (χ2n) is 4.30. The van der Waals surface area contributed by atoms with Crippen LogP contribution in [0, 0.1) is 12.7 Å². The number of esters is 1. The highest BCUT2D eigenvalue weighted by molar-refractivity contribution is 7.13. The summed E-state index contributed by atoms with van der Waals surface area (Å²) in [5.41, 5.74) is 2.45. The van der Waals surface area contributed by atoms with Crippen LogP contribution in [0.1, 0.15) is 17.7 Å². The molecule has 6 heteroatoms. The van der Waals surface area contributed by atoms with Crippen molar-refractivity contribution in [2.24, 2.45) is 0 Å². The van der Waals surface area contributed by atoms with Crippen molar-refractivity contribution >= 4 is 28.1 Å². The van der Waals surface area contributed by atoms with E-state index in [1.54, 1.807) is 6.07 Å². The van der Waals surface area contributed by atoms with Crippen LogP contribution in [0.2, 0.25) is 0 Å². The lowest BCUT2D eigenvalue weighted by atomic mass is 10.2. The molecule has 106 valence electrons. The van der Waals surface area contributed by atoms with Gasteiger partial charge in [-0.05, 0) is 24.6 Å². The molecule has 2 rings (SSSR count). The first kappa shape index (κ1) is 14.5. The van der Waals surface area contributed by atoms with Crippen LogP contribution in [0.4, 0.5) is 15.2 Å². The zero-order valence-electron chi connectivity index (χ0n) is 11.3. The minimum atomic E-state index is -0.291. The Balaban J connectivity index is 2.02. The Labute approximate surface area is 120 Å². The predicted octanol–water partition coefficient (Wildman–Crippen LogP) is 3.44. The third-order valence-electron chi connectivity index (χ3n) is 2.81. The van der Waals surface area contributed by atoms with Crippen LogP contribution >= 0.6 is 11.3 Å². The Bertz CT molecular complexity index is 613. The van der Waals surface area contributed by atoms with Crippen LogP contribution in [0.3, 0.4) is 0 Å². The van der Waals surface area contributed by atoms with E-state index in [0.29, 0.717) is 23.7 Å². The molecule has 0 fully saturated rings. The molecular formula is C14H15FN2O2S. The van der Waals surface area contributed by atoms with Crippen molar-refractivity contribution in [1.29, 1.82) is 0 Å². The van der Waals surface area contributed by atoms with Crippen LogP contribution < -0.4 is 5.32 Å². The van der Waals surface area contributed by atoms with Gasteiger partial charge in [-0.2, -0.15) is 0 Å². The first-order valence-corrected chi connectivity index (χ1v) is 7.01. The lowest BCUT2D eigenvalue weighted by Gasteiger charge is -2.06. The maximum absolute atomic E-state index is 13.2. The van der Waals surface area contributed by atoms with Gasteiger partial charge in [0.05, 0.1) is 19.2 Å². The summed E-state index contributed by atoms with van der Waals surface area (Å²) in [5.74, 6) is -0.547. The van der Waals surface area contributed by atoms with E-state index in [-0.39, 0.29) is 11.8 Å². The van der Waals surface area contributed by atoms with Gasteiger partial charge in [-0.3, -0.25) is 4.79 Å². The van der Waals surface area contributed by atoms with E-state index < -0.39 is 0 Å². The molecular weight excluding hydrogens is 279 g/mol. The third-order valence-corrected chi connectivity index (χ3v) is 3.61. The highest BCUT2D eigenvalue weighted by Crippen LogP contribution is 2.24. The number of carbonyl (C=O) groups is 1. The molecule has 1 aromatic heterocycles. The fraction of sp³-hybridized carbons (Fsp3) is 0.286. The summed E-state index contributed by atoms with van der Waals surface area (Å²) in [6, 6.07) is 4.57. The van der Waals surface area contributed by atoms with Gasteiger partial charge in [0.25, 0.3) is 0 Å². The van der Waals surface area contributed by atoms with Gasteiger partial charge >= 0.3 is 5.97 Å². The van der Waals surface area contributed by atoms with E-state index in [4.69, 9.17) is 0 Å². The molecule has 0 saturated heterocycles.